The zero-order valence-corrected chi connectivity index (χ0v) is 16.5. The topological polar surface area (TPSA) is 113 Å². The Hall–Kier alpha value is -3.55. The van der Waals surface area contributed by atoms with Crippen LogP contribution in [0.25, 0.3) is 11.1 Å². The van der Waals surface area contributed by atoms with Crippen LogP contribution in [0, 0.1) is 0 Å². The summed E-state index contributed by atoms with van der Waals surface area (Å²) in [7, 11) is 1.63. The summed E-state index contributed by atoms with van der Waals surface area (Å²) in [5.41, 5.74) is 9.23. The highest BCUT2D eigenvalue weighted by atomic mass is 16.2. The highest BCUT2D eigenvalue weighted by Crippen LogP contribution is 2.41. The molecule has 1 atom stereocenters. The van der Waals surface area contributed by atoms with Crippen molar-refractivity contribution in [1.29, 1.82) is 0 Å². The van der Waals surface area contributed by atoms with Crippen molar-refractivity contribution in [3.05, 3.63) is 66.0 Å². The smallest absolute Gasteiger partial charge is 0.266 e. The van der Waals surface area contributed by atoms with Gasteiger partial charge in [-0.1, -0.05) is 25.5 Å². The Balaban J connectivity index is 1.93. The van der Waals surface area contributed by atoms with Crippen LogP contribution in [0.15, 0.2) is 54.3 Å². The molecule has 1 aliphatic heterocycles. The van der Waals surface area contributed by atoms with Crippen molar-refractivity contribution in [2.45, 2.75) is 31.7 Å². The molecule has 148 valence electrons. The number of hydrogen-bond acceptors (Lipinski definition) is 6. The van der Waals surface area contributed by atoms with Gasteiger partial charge in [0.25, 0.3) is 5.91 Å². The Labute approximate surface area is 168 Å². The number of hydrogen-bond donors (Lipinski definition) is 2. The third kappa shape index (κ3) is 3.06. The molecule has 0 aliphatic carbocycles. The van der Waals surface area contributed by atoms with Crippen LogP contribution in [-0.4, -0.2) is 44.0 Å². The molecule has 29 heavy (non-hydrogen) atoms. The third-order valence-corrected chi connectivity index (χ3v) is 5.35. The van der Waals surface area contributed by atoms with Crippen molar-refractivity contribution in [2.24, 2.45) is 10.7 Å². The second-order valence-corrected chi connectivity index (χ2v) is 7.13. The van der Waals surface area contributed by atoms with E-state index >= 15 is 0 Å². The van der Waals surface area contributed by atoms with Crippen LogP contribution < -0.4 is 5.73 Å². The van der Waals surface area contributed by atoms with Crippen LogP contribution in [0.4, 0.5) is 0 Å². The van der Waals surface area contributed by atoms with E-state index in [-0.39, 0.29) is 11.9 Å². The molecule has 3 heterocycles. The van der Waals surface area contributed by atoms with Crippen LogP contribution in [0.2, 0.25) is 0 Å². The number of aromatic amines is 1. The lowest BCUT2D eigenvalue weighted by Gasteiger charge is -2.25. The van der Waals surface area contributed by atoms with Gasteiger partial charge in [-0.3, -0.25) is 14.8 Å². The fraction of sp³-hybridized carbons (Fsp3) is 0.286. The highest BCUT2D eigenvalue weighted by Gasteiger charge is 2.50. The van der Waals surface area contributed by atoms with Crippen molar-refractivity contribution in [2.75, 3.05) is 7.05 Å². The van der Waals surface area contributed by atoms with Gasteiger partial charge in [0, 0.05) is 36.8 Å². The van der Waals surface area contributed by atoms with E-state index in [4.69, 9.17) is 5.73 Å². The normalized spacial score (nSPS) is 18.9. The number of unbranched alkanes of at least 4 members (excludes halogenated alkanes) is 1. The van der Waals surface area contributed by atoms with Crippen LogP contribution in [0.3, 0.4) is 0 Å². The summed E-state index contributed by atoms with van der Waals surface area (Å²) < 4.78 is 0. The van der Waals surface area contributed by atoms with Crippen LogP contribution >= 0.6 is 0 Å². The van der Waals surface area contributed by atoms with Crippen molar-refractivity contribution >= 4 is 11.9 Å². The van der Waals surface area contributed by atoms with E-state index in [1.807, 2.05) is 12.1 Å². The number of aromatic nitrogens is 4. The summed E-state index contributed by atoms with van der Waals surface area (Å²) in [6.07, 6.45) is 11.5. The lowest BCUT2D eigenvalue weighted by molar-refractivity contribution is -0.129. The Morgan fingerprint density at radius 3 is 2.59 bits per heavy atom. The largest absolute Gasteiger partial charge is 0.369 e. The minimum atomic E-state index is -1.26. The maximum Gasteiger partial charge on any atom is 0.266 e. The standard InChI is InChI=1S/C21H23N7O/c1-3-4-5-14-6-7-16(8-18(14)15-9-23-13-24-10-15)21(17-11-25-26-12-17)19(29)28(2)20(22)27-21/h6-13H,3-5H2,1-2H3,(H2,22,27)(H,25,26). The van der Waals surface area contributed by atoms with Gasteiger partial charge < -0.3 is 5.73 Å². The van der Waals surface area contributed by atoms with Crippen molar-refractivity contribution in [3.63, 3.8) is 0 Å². The van der Waals surface area contributed by atoms with Gasteiger partial charge in [-0.25, -0.2) is 15.0 Å². The maximum absolute atomic E-state index is 13.3. The first-order chi connectivity index (χ1) is 14.1. The molecule has 3 N–H and O–H groups in total. The van der Waals surface area contributed by atoms with Crippen LogP contribution in [-0.2, 0) is 16.8 Å². The molecule has 1 amide bonds. The predicted octanol–water partition coefficient (Wildman–Crippen LogP) is 2.24. The Morgan fingerprint density at radius 1 is 1.17 bits per heavy atom. The number of nitrogens with two attached hydrogens (primary N) is 1. The average molecular weight is 389 g/mol. The number of aliphatic imine (C=N–C) groups is 1. The third-order valence-electron chi connectivity index (χ3n) is 5.35. The molecule has 0 saturated heterocycles. The van der Waals surface area contributed by atoms with Gasteiger partial charge in [0.1, 0.15) is 6.33 Å². The number of guanidine groups is 1. The predicted molar refractivity (Wildman–Crippen MR) is 110 cm³/mol. The van der Waals surface area contributed by atoms with E-state index in [1.54, 1.807) is 31.8 Å². The quantitative estimate of drug-likeness (QED) is 0.671. The van der Waals surface area contributed by atoms with Gasteiger partial charge >= 0.3 is 0 Å². The Morgan fingerprint density at radius 2 is 1.97 bits per heavy atom. The van der Waals surface area contributed by atoms with Crippen LogP contribution in [0.5, 0.6) is 0 Å². The zero-order chi connectivity index (χ0) is 20.4. The number of likely N-dealkylation sites (N-methyl/N-ethyl adjacent to an activating group) is 1. The van der Waals surface area contributed by atoms with Crippen molar-refractivity contribution < 1.29 is 4.79 Å². The number of amides is 1. The molecule has 4 rings (SSSR count). The molecule has 0 bridgehead atoms. The van der Waals surface area contributed by atoms with Gasteiger partial charge in [0.2, 0.25) is 0 Å². The first kappa shape index (κ1) is 18.8. The number of benzene rings is 1. The van der Waals surface area contributed by atoms with Gasteiger partial charge in [-0.05, 0) is 35.6 Å². The van der Waals surface area contributed by atoms with E-state index < -0.39 is 5.54 Å². The van der Waals surface area contributed by atoms with E-state index in [2.05, 4.69) is 38.1 Å². The lowest BCUT2D eigenvalue weighted by Crippen LogP contribution is -2.41. The molecule has 0 fully saturated rings. The first-order valence-corrected chi connectivity index (χ1v) is 9.59. The number of H-pyrrole nitrogens is 1. The minimum absolute atomic E-state index is 0.177. The number of carbonyl (C=O) groups excluding carboxylic acids is 1. The number of rotatable bonds is 6. The molecular formula is C21H23N7O. The summed E-state index contributed by atoms with van der Waals surface area (Å²) in [6.45, 7) is 2.16. The molecule has 1 unspecified atom stereocenters. The molecule has 3 aromatic rings. The molecule has 1 aromatic carbocycles. The van der Waals surface area contributed by atoms with E-state index in [0.717, 1.165) is 36.0 Å². The van der Waals surface area contributed by atoms with Gasteiger partial charge in [-0.15, -0.1) is 0 Å². The summed E-state index contributed by atoms with van der Waals surface area (Å²) >= 11 is 0. The summed E-state index contributed by atoms with van der Waals surface area (Å²) in [5.74, 6) is -0.0381. The van der Waals surface area contributed by atoms with Gasteiger partial charge in [0.15, 0.2) is 11.5 Å². The fourth-order valence-electron chi connectivity index (χ4n) is 3.73. The summed E-state index contributed by atoms with van der Waals surface area (Å²) in [6, 6.07) is 6.02. The van der Waals surface area contributed by atoms with E-state index in [0.29, 0.717) is 5.56 Å². The number of nitrogens with zero attached hydrogens (tertiary/aromatic N) is 5. The highest BCUT2D eigenvalue weighted by molar-refractivity contribution is 6.09. The second kappa shape index (κ2) is 7.46. The SMILES string of the molecule is CCCCc1ccc(C2(c3cn[nH]c3)N=C(N)N(C)C2=O)cc1-c1cncnc1. The molecule has 2 aromatic heterocycles. The molecule has 0 spiro atoms. The minimum Gasteiger partial charge on any atom is -0.369 e. The van der Waals surface area contributed by atoms with Gasteiger partial charge in [-0.2, -0.15) is 5.10 Å². The zero-order valence-electron chi connectivity index (χ0n) is 16.5. The van der Waals surface area contributed by atoms with Crippen molar-refractivity contribution in [1.82, 2.24) is 25.1 Å². The van der Waals surface area contributed by atoms with Gasteiger partial charge in [0.05, 0.1) is 6.20 Å². The second-order valence-electron chi connectivity index (χ2n) is 7.13. The fourth-order valence-corrected chi connectivity index (χ4v) is 3.73. The Bertz CT molecular complexity index is 1050. The van der Waals surface area contributed by atoms with Crippen molar-refractivity contribution in [3.8, 4) is 11.1 Å². The number of nitrogens with one attached hydrogen (secondary N) is 1. The summed E-state index contributed by atoms with van der Waals surface area (Å²) in [5, 5.41) is 6.82. The monoisotopic (exact) mass is 389 g/mol. The Kier molecular flexibility index (Phi) is 4.84. The molecule has 8 heteroatoms. The maximum atomic E-state index is 13.3. The van der Waals surface area contributed by atoms with E-state index in [9.17, 15) is 4.79 Å². The number of aryl methyl sites for hydroxylation is 1. The molecule has 0 radical (unpaired) electrons. The molecule has 1 aliphatic rings. The molecular weight excluding hydrogens is 366 g/mol. The van der Waals surface area contributed by atoms with Crippen LogP contribution in [0.1, 0.15) is 36.5 Å². The average Bonchev–Trinajstić information content (AvgIpc) is 3.37. The first-order valence-electron chi connectivity index (χ1n) is 9.59. The van der Waals surface area contributed by atoms with E-state index in [1.165, 1.54) is 16.8 Å². The molecule has 8 nitrogen and oxygen atoms in total. The number of carbonyl (C=O) groups is 1. The summed E-state index contributed by atoms with van der Waals surface area (Å²) in [4.78, 5) is 27.6. The lowest BCUT2D eigenvalue weighted by atomic mass is 9.82. The molecule has 0 saturated carbocycles.